The summed E-state index contributed by atoms with van der Waals surface area (Å²) in [5, 5.41) is 24.5. The average molecular weight is 361 g/mol. The molecule has 25 heavy (non-hydrogen) atoms. The summed E-state index contributed by atoms with van der Waals surface area (Å²) in [7, 11) is 1.16. The molecule has 1 aromatic heterocycles. The number of nitro groups is 1. The molecule has 0 saturated carbocycles. The van der Waals surface area contributed by atoms with Crippen LogP contribution in [0.5, 0.6) is 5.75 Å². The van der Waals surface area contributed by atoms with Crippen molar-refractivity contribution in [2.45, 2.75) is 0 Å². The zero-order valence-electron chi connectivity index (χ0n) is 12.8. The van der Waals surface area contributed by atoms with Gasteiger partial charge in [0, 0.05) is 6.07 Å². The Morgan fingerprint density at radius 1 is 1.40 bits per heavy atom. The Kier molecular flexibility index (Phi) is 5.65. The molecule has 0 aliphatic rings. The molecule has 1 N–H and O–H groups in total. The van der Waals surface area contributed by atoms with Crippen molar-refractivity contribution in [1.82, 2.24) is 0 Å². The van der Waals surface area contributed by atoms with E-state index in [-0.39, 0.29) is 11.3 Å². The second-order valence-corrected chi connectivity index (χ2v) is 5.46. The lowest BCUT2D eigenvalue weighted by molar-refractivity contribution is -0.385. The van der Waals surface area contributed by atoms with E-state index in [0.29, 0.717) is 10.6 Å². The number of ether oxygens (including phenoxy) is 2. The topological polar surface area (TPSA) is 132 Å². The lowest BCUT2D eigenvalue weighted by Crippen LogP contribution is -2.20. The van der Waals surface area contributed by atoms with E-state index in [1.54, 1.807) is 11.4 Å². The van der Waals surface area contributed by atoms with E-state index in [1.165, 1.54) is 23.5 Å². The van der Waals surface area contributed by atoms with Crippen molar-refractivity contribution >= 4 is 33.9 Å². The molecule has 0 unspecified atom stereocenters. The average Bonchev–Trinajstić information content (AvgIpc) is 3.06. The Morgan fingerprint density at radius 2 is 2.16 bits per heavy atom. The van der Waals surface area contributed by atoms with Gasteiger partial charge in [-0.25, -0.2) is 4.79 Å². The number of benzene rings is 1. The Labute approximate surface area is 145 Å². The number of methoxy groups -OCH3 is 1. The van der Waals surface area contributed by atoms with Crippen molar-refractivity contribution < 1.29 is 24.0 Å². The summed E-state index contributed by atoms with van der Waals surface area (Å²) in [5.74, 6) is -1.47. The summed E-state index contributed by atoms with van der Waals surface area (Å²) < 4.78 is 9.66. The molecular weight excluding hydrogens is 350 g/mol. The number of carbonyl (C=O) groups is 2. The SMILES string of the molecule is COC(=O)c1ccc(OCC(=O)Nc2sccc2C#N)c([N+](=O)[O-])c1. The number of amides is 1. The van der Waals surface area contributed by atoms with Gasteiger partial charge in [-0.2, -0.15) is 5.26 Å². The van der Waals surface area contributed by atoms with Gasteiger partial charge in [0.05, 0.1) is 23.2 Å². The van der Waals surface area contributed by atoms with E-state index >= 15 is 0 Å². The molecule has 0 fully saturated rings. The molecule has 0 bridgehead atoms. The molecule has 10 heteroatoms. The number of thiophene rings is 1. The monoisotopic (exact) mass is 361 g/mol. The lowest BCUT2D eigenvalue weighted by atomic mass is 10.2. The molecule has 0 saturated heterocycles. The van der Waals surface area contributed by atoms with Crippen molar-refractivity contribution in [2.24, 2.45) is 0 Å². The van der Waals surface area contributed by atoms with Crippen LogP contribution in [0.2, 0.25) is 0 Å². The maximum absolute atomic E-state index is 11.9. The van der Waals surface area contributed by atoms with Crippen molar-refractivity contribution in [3.63, 3.8) is 0 Å². The number of hydrogen-bond acceptors (Lipinski definition) is 8. The van der Waals surface area contributed by atoms with Gasteiger partial charge in [-0.1, -0.05) is 0 Å². The first-order valence-corrected chi connectivity index (χ1v) is 7.61. The maximum Gasteiger partial charge on any atom is 0.338 e. The molecular formula is C15H11N3O6S. The molecule has 2 aromatic rings. The first-order valence-electron chi connectivity index (χ1n) is 6.73. The normalized spacial score (nSPS) is 9.76. The van der Waals surface area contributed by atoms with Gasteiger partial charge >= 0.3 is 11.7 Å². The van der Waals surface area contributed by atoms with E-state index in [2.05, 4.69) is 10.1 Å². The van der Waals surface area contributed by atoms with E-state index in [0.717, 1.165) is 13.2 Å². The van der Waals surface area contributed by atoms with Gasteiger partial charge in [0.15, 0.2) is 12.4 Å². The summed E-state index contributed by atoms with van der Waals surface area (Å²) in [6.07, 6.45) is 0. The minimum Gasteiger partial charge on any atom is -0.477 e. The molecule has 0 aliphatic heterocycles. The van der Waals surface area contributed by atoms with Crippen LogP contribution in [0.4, 0.5) is 10.7 Å². The van der Waals surface area contributed by atoms with Crippen molar-refractivity contribution in [2.75, 3.05) is 19.0 Å². The number of nitro benzene ring substituents is 1. The van der Waals surface area contributed by atoms with Crippen LogP contribution in [0.3, 0.4) is 0 Å². The summed E-state index contributed by atoms with van der Waals surface area (Å²) in [4.78, 5) is 33.7. The van der Waals surface area contributed by atoms with Gasteiger partial charge in [-0.3, -0.25) is 14.9 Å². The molecule has 128 valence electrons. The van der Waals surface area contributed by atoms with Crippen LogP contribution in [-0.2, 0) is 9.53 Å². The number of rotatable bonds is 6. The molecule has 0 aliphatic carbocycles. The number of nitriles is 1. The Hall–Kier alpha value is -3.45. The van der Waals surface area contributed by atoms with Crippen LogP contribution < -0.4 is 10.1 Å². The summed E-state index contributed by atoms with van der Waals surface area (Å²) in [6, 6.07) is 6.98. The zero-order valence-corrected chi connectivity index (χ0v) is 13.7. The first kappa shape index (κ1) is 17.9. The standard InChI is InChI=1S/C15H11N3O6S/c1-23-15(20)9-2-3-12(11(6-9)18(21)22)24-8-13(19)17-14-10(7-16)4-5-25-14/h2-6H,8H2,1H3,(H,17,19). The van der Waals surface area contributed by atoms with Gasteiger partial charge < -0.3 is 14.8 Å². The quantitative estimate of drug-likeness (QED) is 0.474. The van der Waals surface area contributed by atoms with E-state index in [4.69, 9.17) is 10.00 Å². The van der Waals surface area contributed by atoms with Crippen molar-refractivity contribution in [1.29, 1.82) is 5.26 Å². The molecule has 9 nitrogen and oxygen atoms in total. The number of hydrogen-bond donors (Lipinski definition) is 1. The highest BCUT2D eigenvalue weighted by molar-refractivity contribution is 7.14. The maximum atomic E-state index is 11.9. The van der Waals surface area contributed by atoms with E-state index in [1.807, 2.05) is 6.07 Å². The Bertz CT molecular complexity index is 870. The first-order chi connectivity index (χ1) is 12.0. The van der Waals surface area contributed by atoms with Crippen LogP contribution >= 0.6 is 11.3 Å². The number of nitrogens with one attached hydrogen (secondary N) is 1. The summed E-state index contributed by atoms with van der Waals surface area (Å²) in [6.45, 7) is -0.499. The predicted molar refractivity (Wildman–Crippen MR) is 87.6 cm³/mol. The fourth-order valence-electron chi connectivity index (χ4n) is 1.83. The Morgan fingerprint density at radius 3 is 2.80 bits per heavy atom. The number of nitrogens with zero attached hydrogens (tertiary/aromatic N) is 2. The third-order valence-electron chi connectivity index (χ3n) is 2.97. The molecule has 2 rings (SSSR count). The number of esters is 1. The van der Waals surface area contributed by atoms with Crippen LogP contribution in [0.15, 0.2) is 29.6 Å². The number of carbonyl (C=O) groups excluding carboxylic acids is 2. The highest BCUT2D eigenvalue weighted by Crippen LogP contribution is 2.28. The van der Waals surface area contributed by atoms with Gasteiger partial charge in [-0.05, 0) is 23.6 Å². The fourth-order valence-corrected chi connectivity index (χ4v) is 2.58. The van der Waals surface area contributed by atoms with Crippen LogP contribution in [0, 0.1) is 21.4 Å². The minimum atomic E-state index is -0.729. The van der Waals surface area contributed by atoms with Crippen LogP contribution in [0.25, 0.3) is 0 Å². The fraction of sp³-hybridized carbons (Fsp3) is 0.133. The van der Waals surface area contributed by atoms with Crippen molar-refractivity contribution in [3.8, 4) is 11.8 Å². The second-order valence-electron chi connectivity index (χ2n) is 4.54. The second kappa shape index (κ2) is 7.89. The minimum absolute atomic E-state index is 0.0109. The van der Waals surface area contributed by atoms with Gasteiger partial charge in [0.1, 0.15) is 11.1 Å². The number of anilines is 1. The van der Waals surface area contributed by atoms with Gasteiger partial charge in [0.25, 0.3) is 5.91 Å². The summed E-state index contributed by atoms with van der Waals surface area (Å²) in [5.41, 5.74) is -0.167. The molecule has 1 heterocycles. The predicted octanol–water partition coefficient (Wildman–Crippen LogP) is 2.33. The highest BCUT2D eigenvalue weighted by Gasteiger charge is 2.20. The third-order valence-corrected chi connectivity index (χ3v) is 3.80. The Balaban J connectivity index is 2.09. The van der Waals surface area contributed by atoms with E-state index in [9.17, 15) is 19.7 Å². The highest BCUT2D eigenvalue weighted by atomic mass is 32.1. The third kappa shape index (κ3) is 4.30. The molecule has 1 aromatic carbocycles. The molecule has 0 radical (unpaired) electrons. The van der Waals surface area contributed by atoms with Crippen molar-refractivity contribution in [3.05, 3.63) is 50.9 Å². The molecule has 1 amide bonds. The smallest absolute Gasteiger partial charge is 0.338 e. The van der Waals surface area contributed by atoms with E-state index < -0.39 is 29.1 Å². The largest absolute Gasteiger partial charge is 0.477 e. The zero-order chi connectivity index (χ0) is 18.4. The van der Waals surface area contributed by atoms with Crippen LogP contribution in [-0.4, -0.2) is 30.5 Å². The lowest BCUT2D eigenvalue weighted by Gasteiger charge is -2.08. The molecule has 0 atom stereocenters. The van der Waals surface area contributed by atoms with Gasteiger partial charge in [-0.15, -0.1) is 11.3 Å². The van der Waals surface area contributed by atoms with Crippen LogP contribution in [0.1, 0.15) is 15.9 Å². The summed E-state index contributed by atoms with van der Waals surface area (Å²) >= 11 is 1.17. The van der Waals surface area contributed by atoms with Gasteiger partial charge in [0.2, 0.25) is 0 Å². The molecule has 0 spiro atoms.